The molecular formula is C12H16O2. The summed E-state index contributed by atoms with van der Waals surface area (Å²) < 4.78 is 0. The minimum atomic E-state index is -0.918. The first-order chi connectivity index (χ1) is 6.70. The lowest BCUT2D eigenvalue weighted by Crippen LogP contribution is -1.86. The molecule has 0 amide bonds. The van der Waals surface area contributed by atoms with Gasteiger partial charge in [0.05, 0.1) is 0 Å². The van der Waals surface area contributed by atoms with Crippen LogP contribution in [0.1, 0.15) is 25.0 Å². The molecule has 0 heterocycles. The maximum absolute atomic E-state index is 10.2. The number of carbonyl (C=O) groups is 1. The Morgan fingerprint density at radius 3 is 2.36 bits per heavy atom. The lowest BCUT2D eigenvalue weighted by Gasteiger charge is -1.96. The molecule has 2 heteroatoms. The van der Waals surface area contributed by atoms with E-state index >= 15 is 0 Å². The SMILES string of the molecule is CC.Cc1ccccc1/C=C/C(=O)O. The van der Waals surface area contributed by atoms with Crippen LogP contribution in [0.25, 0.3) is 6.08 Å². The molecule has 1 aromatic rings. The number of rotatable bonds is 2. The molecule has 0 radical (unpaired) electrons. The van der Waals surface area contributed by atoms with E-state index in [9.17, 15) is 4.79 Å². The van der Waals surface area contributed by atoms with E-state index < -0.39 is 5.97 Å². The summed E-state index contributed by atoms with van der Waals surface area (Å²) in [4.78, 5) is 10.2. The molecule has 0 aliphatic heterocycles. The van der Waals surface area contributed by atoms with Crippen molar-refractivity contribution in [1.82, 2.24) is 0 Å². The molecule has 76 valence electrons. The molecule has 2 nitrogen and oxygen atoms in total. The van der Waals surface area contributed by atoms with Gasteiger partial charge >= 0.3 is 5.97 Å². The molecule has 0 atom stereocenters. The van der Waals surface area contributed by atoms with Gasteiger partial charge in [0.2, 0.25) is 0 Å². The van der Waals surface area contributed by atoms with Gasteiger partial charge in [0.15, 0.2) is 0 Å². The molecule has 1 aromatic carbocycles. The van der Waals surface area contributed by atoms with Gasteiger partial charge in [0.1, 0.15) is 0 Å². The smallest absolute Gasteiger partial charge is 0.328 e. The fraction of sp³-hybridized carbons (Fsp3) is 0.250. The molecule has 1 N–H and O–H groups in total. The molecule has 0 unspecified atom stereocenters. The minimum Gasteiger partial charge on any atom is -0.478 e. The highest BCUT2D eigenvalue weighted by Gasteiger charge is 1.91. The third-order valence-electron chi connectivity index (χ3n) is 1.59. The van der Waals surface area contributed by atoms with Crippen LogP contribution in [0.15, 0.2) is 30.3 Å². The van der Waals surface area contributed by atoms with Crippen LogP contribution in [0.2, 0.25) is 0 Å². The van der Waals surface area contributed by atoms with E-state index in [0.29, 0.717) is 0 Å². The van der Waals surface area contributed by atoms with Crippen LogP contribution in [0.5, 0.6) is 0 Å². The number of hydrogen-bond acceptors (Lipinski definition) is 1. The maximum atomic E-state index is 10.2. The lowest BCUT2D eigenvalue weighted by atomic mass is 10.1. The van der Waals surface area contributed by atoms with Gasteiger partial charge in [0.25, 0.3) is 0 Å². The fourth-order valence-electron chi connectivity index (χ4n) is 0.935. The van der Waals surface area contributed by atoms with E-state index in [-0.39, 0.29) is 0 Å². The Kier molecular flexibility index (Phi) is 6.12. The molecular weight excluding hydrogens is 176 g/mol. The summed E-state index contributed by atoms with van der Waals surface area (Å²) in [5, 5.41) is 8.38. The fourth-order valence-corrected chi connectivity index (χ4v) is 0.935. The summed E-state index contributed by atoms with van der Waals surface area (Å²) in [7, 11) is 0. The van der Waals surface area contributed by atoms with E-state index in [4.69, 9.17) is 5.11 Å². The first-order valence-electron chi connectivity index (χ1n) is 4.67. The summed E-state index contributed by atoms with van der Waals surface area (Å²) in [5.74, 6) is -0.918. The van der Waals surface area contributed by atoms with Crippen molar-refractivity contribution in [2.75, 3.05) is 0 Å². The summed E-state index contributed by atoms with van der Waals surface area (Å²) in [5.41, 5.74) is 2.02. The first-order valence-corrected chi connectivity index (χ1v) is 4.67. The number of aryl methyl sites for hydroxylation is 1. The molecule has 0 aliphatic rings. The van der Waals surface area contributed by atoms with E-state index in [0.717, 1.165) is 17.2 Å². The molecule has 0 bridgehead atoms. The van der Waals surface area contributed by atoms with Crippen molar-refractivity contribution in [3.05, 3.63) is 41.5 Å². The standard InChI is InChI=1S/C10H10O2.C2H6/c1-8-4-2-3-5-9(8)6-7-10(11)12;1-2/h2-7H,1H3,(H,11,12);1-2H3/b7-6+;. The van der Waals surface area contributed by atoms with Gasteiger partial charge in [-0.15, -0.1) is 0 Å². The van der Waals surface area contributed by atoms with Gasteiger partial charge in [-0.1, -0.05) is 38.1 Å². The van der Waals surface area contributed by atoms with Gasteiger partial charge in [0, 0.05) is 6.08 Å². The van der Waals surface area contributed by atoms with Gasteiger partial charge in [-0.05, 0) is 24.1 Å². The van der Waals surface area contributed by atoms with Crippen molar-refractivity contribution in [2.24, 2.45) is 0 Å². The molecule has 0 aromatic heterocycles. The molecule has 1 rings (SSSR count). The van der Waals surface area contributed by atoms with Gasteiger partial charge in [-0.25, -0.2) is 4.79 Å². The summed E-state index contributed by atoms with van der Waals surface area (Å²) in [6, 6.07) is 7.64. The Hall–Kier alpha value is -1.57. The lowest BCUT2D eigenvalue weighted by molar-refractivity contribution is -0.131. The van der Waals surface area contributed by atoms with Crippen LogP contribution in [-0.4, -0.2) is 11.1 Å². The van der Waals surface area contributed by atoms with Crippen LogP contribution in [0.3, 0.4) is 0 Å². The normalized spacial score (nSPS) is 9.36. The zero-order valence-corrected chi connectivity index (χ0v) is 8.82. The summed E-state index contributed by atoms with van der Waals surface area (Å²) in [6.07, 6.45) is 2.74. The topological polar surface area (TPSA) is 37.3 Å². The average Bonchev–Trinajstić information content (AvgIpc) is 2.19. The van der Waals surface area contributed by atoms with Crippen molar-refractivity contribution in [1.29, 1.82) is 0 Å². The van der Waals surface area contributed by atoms with Crippen molar-refractivity contribution >= 4 is 12.0 Å². The van der Waals surface area contributed by atoms with Crippen molar-refractivity contribution < 1.29 is 9.90 Å². The van der Waals surface area contributed by atoms with Gasteiger partial charge in [-0.2, -0.15) is 0 Å². The minimum absolute atomic E-state index is 0.918. The Morgan fingerprint density at radius 2 is 1.86 bits per heavy atom. The zero-order chi connectivity index (χ0) is 11.0. The molecule has 0 fully saturated rings. The van der Waals surface area contributed by atoms with Gasteiger partial charge < -0.3 is 5.11 Å². The monoisotopic (exact) mass is 192 g/mol. The third kappa shape index (κ3) is 4.45. The quantitative estimate of drug-likeness (QED) is 0.731. The Morgan fingerprint density at radius 1 is 1.29 bits per heavy atom. The summed E-state index contributed by atoms with van der Waals surface area (Å²) >= 11 is 0. The maximum Gasteiger partial charge on any atom is 0.328 e. The molecule has 14 heavy (non-hydrogen) atoms. The number of hydrogen-bond donors (Lipinski definition) is 1. The van der Waals surface area contributed by atoms with Crippen LogP contribution in [0, 0.1) is 6.92 Å². The van der Waals surface area contributed by atoms with Crippen LogP contribution in [0.4, 0.5) is 0 Å². The second-order valence-electron chi connectivity index (χ2n) is 2.53. The predicted octanol–water partition coefficient (Wildman–Crippen LogP) is 3.12. The Bertz CT molecular complexity index is 314. The predicted molar refractivity (Wildman–Crippen MR) is 59.2 cm³/mol. The van der Waals surface area contributed by atoms with E-state index in [2.05, 4.69) is 0 Å². The van der Waals surface area contributed by atoms with Crippen LogP contribution >= 0.6 is 0 Å². The number of carboxylic acid groups (broad SMARTS) is 1. The van der Waals surface area contributed by atoms with Crippen LogP contribution in [-0.2, 0) is 4.79 Å². The molecule has 0 saturated heterocycles. The van der Waals surface area contributed by atoms with Crippen molar-refractivity contribution in [3.63, 3.8) is 0 Å². The van der Waals surface area contributed by atoms with Crippen molar-refractivity contribution in [2.45, 2.75) is 20.8 Å². The highest BCUT2D eigenvalue weighted by Crippen LogP contribution is 2.08. The second-order valence-corrected chi connectivity index (χ2v) is 2.53. The van der Waals surface area contributed by atoms with Crippen molar-refractivity contribution in [3.8, 4) is 0 Å². The largest absolute Gasteiger partial charge is 0.478 e. The van der Waals surface area contributed by atoms with E-state index in [1.165, 1.54) is 0 Å². The van der Waals surface area contributed by atoms with E-state index in [1.54, 1.807) is 6.08 Å². The Balaban J connectivity index is 0.000000791. The number of benzene rings is 1. The van der Waals surface area contributed by atoms with Gasteiger partial charge in [-0.3, -0.25) is 0 Å². The second kappa shape index (κ2) is 6.89. The average molecular weight is 192 g/mol. The Labute approximate surface area is 84.9 Å². The highest BCUT2D eigenvalue weighted by atomic mass is 16.4. The highest BCUT2D eigenvalue weighted by molar-refractivity contribution is 5.85. The summed E-state index contributed by atoms with van der Waals surface area (Å²) in [6.45, 7) is 5.95. The molecule has 0 aliphatic carbocycles. The number of carboxylic acids is 1. The zero-order valence-electron chi connectivity index (χ0n) is 8.82. The first kappa shape index (κ1) is 12.4. The molecule has 0 spiro atoms. The van der Waals surface area contributed by atoms with Crippen LogP contribution < -0.4 is 0 Å². The third-order valence-corrected chi connectivity index (χ3v) is 1.59. The molecule has 0 saturated carbocycles. The van der Waals surface area contributed by atoms with E-state index in [1.807, 2.05) is 45.0 Å². The number of aliphatic carboxylic acids is 1.